The Morgan fingerprint density at radius 1 is 1.23 bits per heavy atom. The van der Waals surface area contributed by atoms with E-state index in [-0.39, 0.29) is 17.8 Å². The average molecular weight is 356 g/mol. The number of ether oxygens (including phenoxy) is 1. The Hall–Kier alpha value is -2.15. The summed E-state index contributed by atoms with van der Waals surface area (Å²) in [6, 6.07) is 12.9. The molecule has 138 valence electrons. The highest BCUT2D eigenvalue weighted by Crippen LogP contribution is 2.43. The van der Waals surface area contributed by atoms with Crippen LogP contribution in [0.4, 0.5) is 0 Å². The fraction of sp³-hybridized carbons (Fsp3) is 0.450. The van der Waals surface area contributed by atoms with Crippen LogP contribution in [0.1, 0.15) is 24.6 Å². The summed E-state index contributed by atoms with van der Waals surface area (Å²) in [4.78, 5) is 6.15. The number of likely N-dealkylation sites (tertiary alicyclic amines) is 1. The van der Waals surface area contributed by atoms with E-state index in [1.807, 2.05) is 30.3 Å². The number of hydrogen-bond acceptors (Lipinski definition) is 6. The number of para-hydroxylation sites is 1. The smallest absolute Gasteiger partial charge is 0.133 e. The number of aliphatic hydroxyl groups is 2. The van der Waals surface area contributed by atoms with Crippen LogP contribution in [0.15, 0.2) is 48.7 Å². The number of aliphatic hydroxyl groups excluding tert-OH is 1. The standard InChI is InChI=1S/C20H24N2O4/c23-15-6-7-18(21-10-15)19(24)12-22-11-14-8-17(9-20(14,25)13-22)26-16-4-2-1-3-5-16/h1-7,10,14,17,19,23-25H,8-9,11-13H2/t14-,17+,19+,20-/m1/s1. The van der Waals surface area contributed by atoms with Crippen molar-refractivity contribution in [2.24, 2.45) is 5.92 Å². The van der Waals surface area contributed by atoms with Gasteiger partial charge in [0.15, 0.2) is 0 Å². The van der Waals surface area contributed by atoms with Crippen molar-refractivity contribution in [2.45, 2.75) is 30.7 Å². The summed E-state index contributed by atoms with van der Waals surface area (Å²) in [6.45, 7) is 1.68. The Morgan fingerprint density at radius 3 is 2.73 bits per heavy atom. The van der Waals surface area contributed by atoms with Crippen molar-refractivity contribution in [3.8, 4) is 11.5 Å². The average Bonchev–Trinajstić information content (AvgIpc) is 3.06. The molecule has 1 aliphatic carbocycles. The molecule has 2 aliphatic rings. The topological polar surface area (TPSA) is 86.1 Å². The van der Waals surface area contributed by atoms with Crippen molar-refractivity contribution in [3.05, 3.63) is 54.4 Å². The monoisotopic (exact) mass is 356 g/mol. The minimum Gasteiger partial charge on any atom is -0.506 e. The molecule has 6 nitrogen and oxygen atoms in total. The summed E-state index contributed by atoms with van der Waals surface area (Å²) < 4.78 is 6.01. The van der Waals surface area contributed by atoms with Crippen molar-refractivity contribution >= 4 is 0 Å². The van der Waals surface area contributed by atoms with Crippen LogP contribution in [0.2, 0.25) is 0 Å². The molecule has 0 radical (unpaired) electrons. The predicted octanol–water partition coefficient (Wildman–Crippen LogP) is 1.72. The fourth-order valence-electron chi connectivity index (χ4n) is 4.24. The molecule has 26 heavy (non-hydrogen) atoms. The van der Waals surface area contributed by atoms with Crippen molar-refractivity contribution in [2.75, 3.05) is 19.6 Å². The number of rotatable bonds is 5. The Kier molecular flexibility index (Phi) is 4.56. The Balaban J connectivity index is 1.33. The first-order chi connectivity index (χ1) is 12.5. The lowest BCUT2D eigenvalue weighted by molar-refractivity contribution is 0.0177. The molecule has 3 N–H and O–H groups in total. The Bertz CT molecular complexity index is 739. The molecular weight excluding hydrogens is 332 g/mol. The maximum Gasteiger partial charge on any atom is 0.133 e. The molecule has 0 bridgehead atoms. The van der Waals surface area contributed by atoms with Gasteiger partial charge in [-0.3, -0.25) is 9.88 Å². The summed E-state index contributed by atoms with van der Waals surface area (Å²) in [5, 5.41) is 30.7. The minimum absolute atomic E-state index is 0.0261. The van der Waals surface area contributed by atoms with E-state index in [4.69, 9.17) is 4.74 Å². The minimum atomic E-state index is -0.762. The Labute approximate surface area is 152 Å². The number of nitrogens with zero attached hydrogens (tertiary/aromatic N) is 2. The van der Waals surface area contributed by atoms with Crippen molar-refractivity contribution in [1.29, 1.82) is 0 Å². The Morgan fingerprint density at radius 2 is 2.04 bits per heavy atom. The number of hydrogen-bond donors (Lipinski definition) is 3. The zero-order valence-corrected chi connectivity index (χ0v) is 14.5. The van der Waals surface area contributed by atoms with Crippen molar-refractivity contribution < 1.29 is 20.1 Å². The maximum atomic E-state index is 11.0. The second-order valence-electron chi connectivity index (χ2n) is 7.44. The van der Waals surface area contributed by atoms with E-state index in [0.717, 1.165) is 18.7 Å². The first-order valence-electron chi connectivity index (χ1n) is 9.01. The molecule has 0 amide bonds. The van der Waals surface area contributed by atoms with Gasteiger partial charge in [-0.1, -0.05) is 18.2 Å². The van der Waals surface area contributed by atoms with Crippen LogP contribution >= 0.6 is 0 Å². The van der Waals surface area contributed by atoms with E-state index in [0.29, 0.717) is 25.2 Å². The summed E-state index contributed by atoms with van der Waals surface area (Å²) in [5.74, 6) is 1.07. The molecule has 1 saturated heterocycles. The lowest BCUT2D eigenvalue weighted by atomic mass is 9.95. The number of fused-ring (bicyclic) bond motifs is 1. The molecule has 1 aliphatic heterocycles. The van der Waals surface area contributed by atoms with E-state index < -0.39 is 11.7 Å². The highest BCUT2D eigenvalue weighted by atomic mass is 16.5. The quantitative estimate of drug-likeness (QED) is 0.756. The maximum absolute atomic E-state index is 11.0. The first-order valence-corrected chi connectivity index (χ1v) is 9.01. The van der Waals surface area contributed by atoms with E-state index in [1.54, 1.807) is 6.07 Å². The van der Waals surface area contributed by atoms with Crippen LogP contribution in [0.5, 0.6) is 11.5 Å². The van der Waals surface area contributed by atoms with Crippen molar-refractivity contribution in [3.63, 3.8) is 0 Å². The van der Waals surface area contributed by atoms with Crippen LogP contribution in [0.25, 0.3) is 0 Å². The van der Waals surface area contributed by atoms with Gasteiger partial charge in [0.1, 0.15) is 23.7 Å². The molecule has 4 rings (SSSR count). The van der Waals surface area contributed by atoms with E-state index >= 15 is 0 Å². The molecule has 6 heteroatoms. The van der Waals surface area contributed by atoms with E-state index in [2.05, 4.69) is 9.88 Å². The molecule has 1 aromatic heterocycles. The normalized spacial score (nSPS) is 29.5. The summed E-state index contributed by atoms with van der Waals surface area (Å²) in [7, 11) is 0. The third-order valence-corrected chi connectivity index (χ3v) is 5.45. The van der Waals surface area contributed by atoms with Crippen LogP contribution in [0, 0.1) is 5.92 Å². The zero-order valence-electron chi connectivity index (χ0n) is 14.5. The molecule has 4 atom stereocenters. The lowest BCUT2D eigenvalue weighted by Gasteiger charge is -2.24. The van der Waals surface area contributed by atoms with Crippen LogP contribution in [-0.2, 0) is 0 Å². The van der Waals surface area contributed by atoms with Gasteiger partial charge in [-0.2, -0.15) is 0 Å². The van der Waals surface area contributed by atoms with Gasteiger partial charge >= 0.3 is 0 Å². The van der Waals surface area contributed by atoms with Gasteiger partial charge < -0.3 is 20.1 Å². The molecule has 2 aromatic rings. The third kappa shape index (κ3) is 3.53. The van der Waals surface area contributed by atoms with Gasteiger partial charge in [0.05, 0.1) is 17.5 Å². The second kappa shape index (κ2) is 6.87. The highest BCUT2D eigenvalue weighted by Gasteiger charge is 2.52. The lowest BCUT2D eigenvalue weighted by Crippen LogP contribution is -2.36. The molecule has 1 saturated carbocycles. The largest absolute Gasteiger partial charge is 0.506 e. The van der Waals surface area contributed by atoms with Gasteiger partial charge in [-0.25, -0.2) is 0 Å². The fourth-order valence-corrected chi connectivity index (χ4v) is 4.24. The number of aromatic hydroxyl groups is 1. The van der Waals surface area contributed by atoms with Crippen LogP contribution in [-0.4, -0.2) is 56.5 Å². The van der Waals surface area contributed by atoms with Gasteiger partial charge in [-0.05, 0) is 30.7 Å². The molecular formula is C20H24N2O4. The number of β-amino-alcohol motifs (C(OH)–C–C–N with tert-alkyl or cyclic N) is 2. The van der Waals surface area contributed by atoms with E-state index in [1.165, 1.54) is 12.3 Å². The van der Waals surface area contributed by atoms with Gasteiger partial charge in [-0.15, -0.1) is 0 Å². The molecule has 2 fully saturated rings. The van der Waals surface area contributed by atoms with Crippen LogP contribution < -0.4 is 4.74 Å². The SMILES string of the molecule is Oc1ccc([C@@H](O)CN2C[C@H]3C[C@H](Oc4ccccc4)C[C@@]3(O)C2)nc1. The van der Waals surface area contributed by atoms with Gasteiger partial charge in [0.25, 0.3) is 0 Å². The summed E-state index contributed by atoms with van der Waals surface area (Å²) in [5.41, 5.74) is -0.237. The van der Waals surface area contributed by atoms with Crippen molar-refractivity contribution in [1.82, 2.24) is 9.88 Å². The zero-order chi connectivity index (χ0) is 18.1. The molecule has 0 spiro atoms. The van der Waals surface area contributed by atoms with E-state index in [9.17, 15) is 15.3 Å². The van der Waals surface area contributed by atoms with Gasteiger partial charge in [0, 0.05) is 32.0 Å². The molecule has 0 unspecified atom stereocenters. The second-order valence-corrected chi connectivity index (χ2v) is 7.44. The number of pyridine rings is 1. The first kappa shape index (κ1) is 17.3. The van der Waals surface area contributed by atoms with Crippen LogP contribution in [0.3, 0.4) is 0 Å². The summed E-state index contributed by atoms with van der Waals surface area (Å²) in [6.07, 6.45) is 2.04. The summed E-state index contributed by atoms with van der Waals surface area (Å²) >= 11 is 0. The third-order valence-electron chi connectivity index (χ3n) is 5.45. The predicted molar refractivity (Wildman–Crippen MR) is 95.8 cm³/mol. The highest BCUT2D eigenvalue weighted by molar-refractivity contribution is 5.22. The van der Waals surface area contributed by atoms with Gasteiger partial charge in [0.2, 0.25) is 0 Å². The number of aromatic nitrogens is 1. The molecule has 2 heterocycles. The molecule has 1 aromatic carbocycles. The number of benzene rings is 1.